The highest BCUT2D eigenvalue weighted by atomic mass is 32.1. The molecule has 15 heavy (non-hydrogen) atoms. The maximum absolute atomic E-state index is 5.40. The first-order chi connectivity index (χ1) is 7.34. The average molecular weight is 238 g/mol. The Morgan fingerprint density at radius 2 is 2.53 bits per heavy atom. The molecule has 0 saturated carbocycles. The number of nitrogens with one attached hydrogen (secondary N) is 1. The second kappa shape index (κ2) is 3.57. The molecule has 1 atom stereocenters. The molecule has 0 bridgehead atoms. The molecule has 0 radical (unpaired) electrons. The molecule has 0 saturated heterocycles. The number of aryl methyl sites for hydroxylation is 1. The molecule has 0 aliphatic heterocycles. The van der Waals surface area contributed by atoms with Crippen LogP contribution < -0.4 is 0 Å². The molecule has 5 heteroatoms. The van der Waals surface area contributed by atoms with E-state index in [1.807, 2.05) is 11.3 Å². The van der Waals surface area contributed by atoms with Crippen LogP contribution in [0.4, 0.5) is 0 Å². The van der Waals surface area contributed by atoms with Crippen molar-refractivity contribution in [3.05, 3.63) is 32.6 Å². The van der Waals surface area contributed by atoms with Crippen molar-refractivity contribution in [3.8, 4) is 0 Å². The van der Waals surface area contributed by atoms with Gasteiger partial charge in [0, 0.05) is 4.88 Å². The minimum Gasteiger partial charge on any atom is -0.413 e. The molecule has 2 aromatic rings. The summed E-state index contributed by atoms with van der Waals surface area (Å²) in [5, 5.41) is 8.96. The predicted molar refractivity (Wildman–Crippen MR) is 60.8 cm³/mol. The number of aromatic amines is 1. The van der Waals surface area contributed by atoms with Crippen LogP contribution in [0.3, 0.4) is 0 Å². The number of nitrogens with zero attached hydrogens (tertiary/aromatic N) is 1. The van der Waals surface area contributed by atoms with E-state index in [0.717, 1.165) is 12.3 Å². The summed E-state index contributed by atoms with van der Waals surface area (Å²) in [5.74, 6) is 1.03. The highest BCUT2D eigenvalue weighted by Crippen LogP contribution is 2.38. The van der Waals surface area contributed by atoms with Gasteiger partial charge in [0.25, 0.3) is 4.84 Å². The third-order valence-electron chi connectivity index (χ3n) is 2.80. The van der Waals surface area contributed by atoms with Crippen molar-refractivity contribution in [2.45, 2.75) is 25.2 Å². The fourth-order valence-corrected chi connectivity index (χ4v) is 3.25. The number of hydrogen-bond acceptors (Lipinski definition) is 4. The van der Waals surface area contributed by atoms with Gasteiger partial charge in [-0.15, -0.1) is 16.4 Å². The molecule has 1 N–H and O–H groups in total. The van der Waals surface area contributed by atoms with Gasteiger partial charge < -0.3 is 4.42 Å². The Hall–Kier alpha value is -0.940. The van der Waals surface area contributed by atoms with Crippen molar-refractivity contribution in [2.24, 2.45) is 0 Å². The number of H-pyrrole nitrogens is 1. The van der Waals surface area contributed by atoms with Gasteiger partial charge in [-0.25, -0.2) is 5.10 Å². The second-order valence-electron chi connectivity index (χ2n) is 3.70. The summed E-state index contributed by atoms with van der Waals surface area (Å²) >= 11 is 6.72. The monoisotopic (exact) mass is 238 g/mol. The summed E-state index contributed by atoms with van der Waals surface area (Å²) in [6.07, 6.45) is 3.49. The van der Waals surface area contributed by atoms with E-state index in [9.17, 15) is 0 Å². The Balaban J connectivity index is 2.06. The molecule has 0 aromatic carbocycles. The van der Waals surface area contributed by atoms with E-state index < -0.39 is 0 Å². The summed E-state index contributed by atoms with van der Waals surface area (Å²) in [6, 6.07) is 2.18. The third kappa shape index (κ3) is 1.55. The van der Waals surface area contributed by atoms with Crippen LogP contribution in [0.2, 0.25) is 0 Å². The van der Waals surface area contributed by atoms with Gasteiger partial charge in [-0.1, -0.05) is 0 Å². The Kier molecular flexibility index (Phi) is 2.21. The zero-order chi connectivity index (χ0) is 10.3. The third-order valence-corrected chi connectivity index (χ3v) is 3.98. The smallest absolute Gasteiger partial charge is 0.284 e. The standard InChI is InChI=1S/C10H10N2OS2/c14-10-12-11-9(13-10)7-2-1-3-8-6(7)4-5-15-8/h4-5,7H,1-3H2,(H,12,14). The Morgan fingerprint density at radius 1 is 1.60 bits per heavy atom. The molecule has 0 fully saturated rings. The van der Waals surface area contributed by atoms with Gasteiger partial charge in [0.1, 0.15) is 0 Å². The van der Waals surface area contributed by atoms with Crippen LogP contribution in [0.25, 0.3) is 0 Å². The van der Waals surface area contributed by atoms with E-state index in [2.05, 4.69) is 21.6 Å². The van der Waals surface area contributed by atoms with E-state index in [1.165, 1.54) is 23.3 Å². The van der Waals surface area contributed by atoms with Crippen molar-refractivity contribution >= 4 is 23.6 Å². The lowest BCUT2D eigenvalue weighted by Gasteiger charge is -2.18. The summed E-state index contributed by atoms with van der Waals surface area (Å²) in [6.45, 7) is 0. The number of thiophene rings is 1. The number of aromatic nitrogens is 2. The molecular weight excluding hydrogens is 228 g/mol. The Bertz CT molecular complexity index is 525. The molecule has 3 rings (SSSR count). The zero-order valence-corrected chi connectivity index (χ0v) is 9.66. The molecule has 1 aliphatic rings. The lowest BCUT2D eigenvalue weighted by atomic mass is 9.88. The molecule has 0 amide bonds. The van der Waals surface area contributed by atoms with Crippen molar-refractivity contribution in [1.82, 2.24) is 10.2 Å². The molecule has 2 aromatic heterocycles. The summed E-state index contributed by atoms with van der Waals surface area (Å²) < 4.78 is 5.40. The summed E-state index contributed by atoms with van der Waals surface area (Å²) in [5.41, 5.74) is 1.37. The minimum absolute atomic E-state index is 0.299. The van der Waals surface area contributed by atoms with Crippen LogP contribution >= 0.6 is 23.6 Å². The molecule has 0 spiro atoms. The Labute approximate surface area is 96.1 Å². The lowest BCUT2D eigenvalue weighted by molar-refractivity contribution is 0.435. The van der Waals surface area contributed by atoms with Crippen LogP contribution in [0.1, 0.15) is 35.1 Å². The van der Waals surface area contributed by atoms with E-state index in [-0.39, 0.29) is 0 Å². The average Bonchev–Trinajstić information content (AvgIpc) is 2.84. The van der Waals surface area contributed by atoms with E-state index in [1.54, 1.807) is 0 Å². The van der Waals surface area contributed by atoms with Crippen LogP contribution in [0.15, 0.2) is 15.9 Å². The zero-order valence-electron chi connectivity index (χ0n) is 8.03. The quantitative estimate of drug-likeness (QED) is 0.775. The van der Waals surface area contributed by atoms with Crippen molar-refractivity contribution in [3.63, 3.8) is 0 Å². The van der Waals surface area contributed by atoms with E-state index >= 15 is 0 Å². The van der Waals surface area contributed by atoms with Gasteiger partial charge in [-0.2, -0.15) is 0 Å². The normalized spacial score (nSPS) is 20.1. The highest BCUT2D eigenvalue weighted by molar-refractivity contribution is 7.71. The van der Waals surface area contributed by atoms with Gasteiger partial charge in [0.15, 0.2) is 0 Å². The van der Waals surface area contributed by atoms with Gasteiger partial charge in [-0.3, -0.25) is 0 Å². The SMILES string of the molecule is S=c1[nH]nc(C2CCCc3sccc32)o1. The van der Waals surface area contributed by atoms with Crippen LogP contribution in [0.5, 0.6) is 0 Å². The summed E-state index contributed by atoms with van der Waals surface area (Å²) in [7, 11) is 0. The molecular formula is C10H10N2OS2. The first kappa shape index (κ1) is 9.30. The molecule has 78 valence electrons. The maximum atomic E-state index is 5.40. The van der Waals surface area contributed by atoms with Crippen LogP contribution in [0, 0.1) is 4.84 Å². The van der Waals surface area contributed by atoms with Gasteiger partial charge in [0.05, 0.1) is 5.92 Å². The van der Waals surface area contributed by atoms with Gasteiger partial charge in [0.2, 0.25) is 5.89 Å². The lowest BCUT2D eigenvalue weighted by Crippen LogP contribution is -2.08. The van der Waals surface area contributed by atoms with Crippen LogP contribution in [-0.4, -0.2) is 10.2 Å². The second-order valence-corrected chi connectivity index (χ2v) is 5.07. The molecule has 1 unspecified atom stereocenters. The minimum atomic E-state index is 0.299. The number of hydrogen-bond donors (Lipinski definition) is 1. The van der Waals surface area contributed by atoms with Crippen molar-refractivity contribution in [1.29, 1.82) is 0 Å². The fraction of sp³-hybridized carbons (Fsp3) is 0.400. The Morgan fingerprint density at radius 3 is 3.33 bits per heavy atom. The topological polar surface area (TPSA) is 41.8 Å². The maximum Gasteiger partial charge on any atom is 0.284 e. The molecule has 2 heterocycles. The van der Waals surface area contributed by atoms with Crippen molar-refractivity contribution < 1.29 is 4.42 Å². The van der Waals surface area contributed by atoms with E-state index in [4.69, 9.17) is 16.6 Å². The fourth-order valence-electron chi connectivity index (χ4n) is 2.13. The predicted octanol–water partition coefficient (Wildman–Crippen LogP) is 3.26. The van der Waals surface area contributed by atoms with Gasteiger partial charge >= 0.3 is 0 Å². The van der Waals surface area contributed by atoms with Gasteiger partial charge in [-0.05, 0) is 48.5 Å². The summed E-state index contributed by atoms with van der Waals surface area (Å²) in [4.78, 5) is 1.84. The molecule has 1 aliphatic carbocycles. The number of fused-ring (bicyclic) bond motifs is 1. The first-order valence-electron chi connectivity index (χ1n) is 4.96. The molecule has 3 nitrogen and oxygen atoms in total. The first-order valence-corrected chi connectivity index (χ1v) is 6.25. The number of rotatable bonds is 1. The van der Waals surface area contributed by atoms with Crippen LogP contribution in [-0.2, 0) is 6.42 Å². The van der Waals surface area contributed by atoms with Crippen molar-refractivity contribution in [2.75, 3.05) is 0 Å². The largest absolute Gasteiger partial charge is 0.413 e. The van der Waals surface area contributed by atoms with E-state index in [0.29, 0.717) is 10.8 Å². The highest BCUT2D eigenvalue weighted by Gasteiger charge is 2.26.